The maximum Gasteiger partial charge on any atom is 0.253 e. The minimum absolute atomic E-state index is 0.115. The Labute approximate surface area is 123 Å². The molecule has 1 saturated heterocycles. The van der Waals surface area contributed by atoms with Gasteiger partial charge in [-0.25, -0.2) is 0 Å². The van der Waals surface area contributed by atoms with Crippen LogP contribution in [0.1, 0.15) is 28.8 Å². The van der Waals surface area contributed by atoms with Crippen LogP contribution in [0, 0.1) is 6.92 Å². The Morgan fingerprint density at radius 2 is 2.16 bits per heavy atom. The summed E-state index contributed by atoms with van der Waals surface area (Å²) in [4.78, 5) is 16.7. The average molecular weight is 325 g/mol. The van der Waals surface area contributed by atoms with E-state index in [1.807, 2.05) is 37.1 Å². The fourth-order valence-corrected chi connectivity index (χ4v) is 3.29. The SMILES string of the molecule is Cc1cc(Br)cc(C(=O)N(C)C2CCCN(C)C2)c1. The quantitative estimate of drug-likeness (QED) is 0.835. The molecule has 1 aromatic rings. The fourth-order valence-electron chi connectivity index (χ4n) is 2.68. The molecule has 1 aromatic carbocycles. The van der Waals surface area contributed by atoms with Crippen LogP contribution in [0.15, 0.2) is 22.7 Å². The molecule has 1 amide bonds. The maximum absolute atomic E-state index is 12.5. The number of likely N-dealkylation sites (N-methyl/N-ethyl adjacent to an activating group) is 2. The zero-order chi connectivity index (χ0) is 14.0. The van der Waals surface area contributed by atoms with E-state index in [1.165, 1.54) is 0 Å². The second-order valence-corrected chi connectivity index (χ2v) is 6.41. The van der Waals surface area contributed by atoms with E-state index in [-0.39, 0.29) is 5.91 Å². The van der Waals surface area contributed by atoms with Gasteiger partial charge < -0.3 is 9.80 Å². The molecule has 3 nitrogen and oxygen atoms in total. The van der Waals surface area contributed by atoms with E-state index in [0.29, 0.717) is 6.04 Å². The van der Waals surface area contributed by atoms with Crippen molar-refractivity contribution in [3.8, 4) is 0 Å². The number of carbonyl (C=O) groups is 1. The monoisotopic (exact) mass is 324 g/mol. The van der Waals surface area contributed by atoms with Crippen molar-refractivity contribution in [2.45, 2.75) is 25.8 Å². The van der Waals surface area contributed by atoms with Crippen LogP contribution in [-0.2, 0) is 0 Å². The number of nitrogens with zero attached hydrogens (tertiary/aromatic N) is 2. The minimum atomic E-state index is 0.115. The van der Waals surface area contributed by atoms with Crippen LogP contribution in [-0.4, -0.2) is 48.9 Å². The van der Waals surface area contributed by atoms with E-state index >= 15 is 0 Å². The molecule has 0 aliphatic carbocycles. The normalized spacial score (nSPS) is 20.3. The molecule has 1 aliphatic heterocycles. The number of likely N-dealkylation sites (tertiary alicyclic amines) is 1. The summed E-state index contributed by atoms with van der Waals surface area (Å²) in [7, 11) is 4.04. The topological polar surface area (TPSA) is 23.6 Å². The molecule has 1 heterocycles. The van der Waals surface area contributed by atoms with E-state index in [0.717, 1.165) is 41.5 Å². The maximum atomic E-state index is 12.5. The highest BCUT2D eigenvalue weighted by Gasteiger charge is 2.25. The van der Waals surface area contributed by atoms with Crippen LogP contribution in [0.2, 0.25) is 0 Å². The Bertz CT molecular complexity index is 455. The molecule has 1 atom stereocenters. The molecule has 0 bridgehead atoms. The number of hydrogen-bond acceptors (Lipinski definition) is 2. The van der Waals surface area contributed by atoms with Gasteiger partial charge in [0, 0.05) is 29.7 Å². The van der Waals surface area contributed by atoms with Gasteiger partial charge in [-0.05, 0) is 57.1 Å². The number of benzene rings is 1. The predicted octanol–water partition coefficient (Wildman–Crippen LogP) is 2.92. The Kier molecular flexibility index (Phi) is 4.63. The highest BCUT2D eigenvalue weighted by atomic mass is 79.9. The van der Waals surface area contributed by atoms with E-state index in [9.17, 15) is 4.79 Å². The van der Waals surface area contributed by atoms with Crippen molar-refractivity contribution in [1.82, 2.24) is 9.80 Å². The summed E-state index contributed by atoms with van der Waals surface area (Å²) in [5.41, 5.74) is 1.87. The Morgan fingerprint density at radius 1 is 1.42 bits per heavy atom. The standard InChI is InChI=1S/C15H21BrN2O/c1-11-7-12(9-13(16)8-11)15(19)18(3)14-5-4-6-17(2)10-14/h7-9,14H,4-6,10H2,1-3H3. The van der Waals surface area contributed by atoms with Crippen molar-refractivity contribution >= 4 is 21.8 Å². The molecule has 1 aliphatic rings. The number of halogens is 1. The molecular weight excluding hydrogens is 304 g/mol. The van der Waals surface area contributed by atoms with E-state index in [1.54, 1.807) is 0 Å². The molecule has 0 spiro atoms. The molecule has 0 radical (unpaired) electrons. The van der Waals surface area contributed by atoms with Gasteiger partial charge in [-0.3, -0.25) is 4.79 Å². The third-order valence-electron chi connectivity index (χ3n) is 3.76. The highest BCUT2D eigenvalue weighted by Crippen LogP contribution is 2.19. The van der Waals surface area contributed by atoms with Crippen LogP contribution < -0.4 is 0 Å². The molecule has 0 N–H and O–H groups in total. The first-order valence-electron chi connectivity index (χ1n) is 6.70. The average Bonchev–Trinajstić information content (AvgIpc) is 2.36. The van der Waals surface area contributed by atoms with Crippen molar-refractivity contribution in [2.24, 2.45) is 0 Å². The first kappa shape index (κ1) is 14.5. The molecule has 4 heteroatoms. The lowest BCUT2D eigenvalue weighted by Gasteiger charge is -2.36. The molecular formula is C15H21BrN2O. The van der Waals surface area contributed by atoms with Crippen molar-refractivity contribution in [3.05, 3.63) is 33.8 Å². The summed E-state index contributed by atoms with van der Waals surface area (Å²) in [5, 5.41) is 0. The van der Waals surface area contributed by atoms with E-state index < -0.39 is 0 Å². The zero-order valence-corrected chi connectivity index (χ0v) is 13.4. The Hall–Kier alpha value is -0.870. The minimum Gasteiger partial charge on any atom is -0.337 e. The van der Waals surface area contributed by atoms with Gasteiger partial charge in [0.1, 0.15) is 0 Å². The van der Waals surface area contributed by atoms with Crippen molar-refractivity contribution < 1.29 is 4.79 Å². The van der Waals surface area contributed by atoms with Gasteiger partial charge in [-0.2, -0.15) is 0 Å². The lowest BCUT2D eigenvalue weighted by atomic mass is 10.0. The lowest BCUT2D eigenvalue weighted by Crippen LogP contribution is -2.47. The van der Waals surface area contributed by atoms with E-state index in [4.69, 9.17) is 0 Å². The summed E-state index contributed by atoms with van der Waals surface area (Å²) >= 11 is 3.46. The van der Waals surface area contributed by atoms with Crippen molar-refractivity contribution in [3.63, 3.8) is 0 Å². The Balaban J connectivity index is 2.13. The van der Waals surface area contributed by atoms with Crippen LogP contribution in [0.3, 0.4) is 0 Å². The number of carbonyl (C=O) groups excluding carboxylic acids is 1. The second-order valence-electron chi connectivity index (χ2n) is 5.49. The van der Waals surface area contributed by atoms with Crippen molar-refractivity contribution in [2.75, 3.05) is 27.2 Å². The van der Waals surface area contributed by atoms with Crippen molar-refractivity contribution in [1.29, 1.82) is 0 Å². The lowest BCUT2D eigenvalue weighted by molar-refractivity contribution is 0.0644. The van der Waals surface area contributed by atoms with Gasteiger partial charge in [-0.1, -0.05) is 15.9 Å². The summed E-state index contributed by atoms with van der Waals surface area (Å²) < 4.78 is 0.963. The third-order valence-corrected chi connectivity index (χ3v) is 4.21. The fraction of sp³-hybridized carbons (Fsp3) is 0.533. The van der Waals surface area contributed by atoms with Crippen LogP contribution >= 0.6 is 15.9 Å². The van der Waals surface area contributed by atoms with Gasteiger partial charge in [0.25, 0.3) is 5.91 Å². The number of aryl methyl sites for hydroxylation is 1. The first-order valence-corrected chi connectivity index (χ1v) is 7.49. The van der Waals surface area contributed by atoms with Gasteiger partial charge in [0.05, 0.1) is 0 Å². The van der Waals surface area contributed by atoms with Gasteiger partial charge in [0.15, 0.2) is 0 Å². The van der Waals surface area contributed by atoms with Crippen LogP contribution in [0.5, 0.6) is 0 Å². The molecule has 0 aromatic heterocycles. The van der Waals surface area contributed by atoms with Gasteiger partial charge in [0.2, 0.25) is 0 Å². The summed E-state index contributed by atoms with van der Waals surface area (Å²) in [6.07, 6.45) is 2.26. The molecule has 1 unspecified atom stereocenters. The molecule has 0 saturated carbocycles. The number of piperidine rings is 1. The van der Waals surface area contributed by atoms with Crippen LogP contribution in [0.25, 0.3) is 0 Å². The van der Waals surface area contributed by atoms with Crippen LogP contribution in [0.4, 0.5) is 0 Å². The Morgan fingerprint density at radius 3 is 2.79 bits per heavy atom. The summed E-state index contributed by atoms with van der Waals surface area (Å²) in [5.74, 6) is 0.115. The predicted molar refractivity (Wildman–Crippen MR) is 81.5 cm³/mol. The first-order chi connectivity index (χ1) is 8.97. The summed E-state index contributed by atoms with van der Waals surface area (Å²) in [6.45, 7) is 4.11. The largest absolute Gasteiger partial charge is 0.337 e. The molecule has 19 heavy (non-hydrogen) atoms. The van der Waals surface area contributed by atoms with Gasteiger partial charge in [-0.15, -0.1) is 0 Å². The molecule has 1 fully saturated rings. The van der Waals surface area contributed by atoms with Gasteiger partial charge >= 0.3 is 0 Å². The number of amides is 1. The highest BCUT2D eigenvalue weighted by molar-refractivity contribution is 9.10. The molecule has 2 rings (SSSR count). The molecule has 104 valence electrons. The zero-order valence-electron chi connectivity index (χ0n) is 11.8. The number of rotatable bonds is 2. The summed E-state index contributed by atoms with van der Waals surface area (Å²) in [6, 6.07) is 6.20. The second kappa shape index (κ2) is 6.06. The third kappa shape index (κ3) is 3.57. The smallest absolute Gasteiger partial charge is 0.253 e. The number of hydrogen-bond donors (Lipinski definition) is 0. The van der Waals surface area contributed by atoms with E-state index in [2.05, 4.69) is 27.9 Å².